The van der Waals surface area contributed by atoms with Crippen LogP contribution in [0.3, 0.4) is 0 Å². The Morgan fingerprint density at radius 2 is 1.62 bits per heavy atom. The fourth-order valence-electron chi connectivity index (χ4n) is 2.55. The van der Waals surface area contributed by atoms with Crippen LogP contribution in [0.1, 0.15) is 15.9 Å². The number of esters is 1. The molecule has 0 heterocycles. The van der Waals surface area contributed by atoms with Crippen molar-refractivity contribution in [2.75, 3.05) is 11.9 Å². The second kappa shape index (κ2) is 8.91. The van der Waals surface area contributed by atoms with Crippen LogP contribution >= 0.6 is 11.6 Å². The van der Waals surface area contributed by atoms with E-state index in [4.69, 9.17) is 21.6 Å². The zero-order valence-electron chi connectivity index (χ0n) is 15.1. The summed E-state index contributed by atoms with van der Waals surface area (Å²) in [6, 6.07) is 19.8. The molecule has 0 aliphatic heterocycles. The van der Waals surface area contributed by atoms with Gasteiger partial charge in [-0.25, -0.2) is 4.79 Å². The quantitative estimate of drug-likeness (QED) is 0.612. The van der Waals surface area contributed by atoms with Crippen LogP contribution in [0, 0.1) is 11.3 Å². The predicted molar refractivity (Wildman–Crippen MR) is 109 cm³/mol. The van der Waals surface area contributed by atoms with Crippen LogP contribution in [0.4, 0.5) is 5.69 Å². The second-order valence-corrected chi connectivity index (χ2v) is 6.46. The van der Waals surface area contributed by atoms with Crippen molar-refractivity contribution in [3.05, 3.63) is 82.9 Å². The molecule has 0 saturated heterocycles. The molecular formula is C22H15ClN2O4. The van der Waals surface area contributed by atoms with Gasteiger partial charge >= 0.3 is 5.97 Å². The number of ether oxygens (including phenoxy) is 1. The van der Waals surface area contributed by atoms with Crippen LogP contribution in [0.15, 0.2) is 66.7 Å². The van der Waals surface area contributed by atoms with Crippen LogP contribution in [0.5, 0.6) is 5.75 Å². The topological polar surface area (TPSA) is 99.4 Å². The van der Waals surface area contributed by atoms with Crippen molar-refractivity contribution >= 4 is 29.2 Å². The van der Waals surface area contributed by atoms with E-state index in [-0.39, 0.29) is 10.8 Å². The minimum atomic E-state index is -0.629. The number of carbonyl (C=O) groups is 2. The molecule has 0 saturated carbocycles. The van der Waals surface area contributed by atoms with E-state index < -0.39 is 18.5 Å². The molecule has 3 rings (SSSR count). The molecule has 0 aliphatic rings. The summed E-state index contributed by atoms with van der Waals surface area (Å²) >= 11 is 5.91. The number of rotatable bonds is 5. The number of aromatic hydroxyl groups is 1. The monoisotopic (exact) mass is 406 g/mol. The van der Waals surface area contributed by atoms with Crippen molar-refractivity contribution in [1.82, 2.24) is 0 Å². The highest BCUT2D eigenvalue weighted by Gasteiger charge is 2.11. The van der Waals surface area contributed by atoms with E-state index in [2.05, 4.69) is 5.32 Å². The smallest absolute Gasteiger partial charge is 0.338 e. The Morgan fingerprint density at radius 3 is 2.21 bits per heavy atom. The number of phenols is 1. The lowest BCUT2D eigenvalue weighted by molar-refractivity contribution is -0.119. The maximum absolute atomic E-state index is 12.1. The second-order valence-electron chi connectivity index (χ2n) is 6.05. The van der Waals surface area contributed by atoms with Crippen molar-refractivity contribution < 1.29 is 19.4 Å². The molecule has 6 nitrogen and oxygen atoms in total. The molecule has 0 unspecified atom stereocenters. The summed E-state index contributed by atoms with van der Waals surface area (Å²) in [5.41, 5.74) is 2.77. The molecule has 29 heavy (non-hydrogen) atoms. The van der Waals surface area contributed by atoms with Gasteiger partial charge in [-0.1, -0.05) is 35.9 Å². The lowest BCUT2D eigenvalue weighted by Crippen LogP contribution is -2.20. The third-order valence-electron chi connectivity index (χ3n) is 4.03. The third kappa shape index (κ3) is 5.12. The zero-order valence-corrected chi connectivity index (χ0v) is 15.8. The Balaban J connectivity index is 1.56. The van der Waals surface area contributed by atoms with E-state index in [1.165, 1.54) is 18.2 Å². The number of nitrogens with one attached hydrogen (secondary N) is 1. The highest BCUT2D eigenvalue weighted by Crippen LogP contribution is 2.23. The van der Waals surface area contributed by atoms with Crippen molar-refractivity contribution in [2.45, 2.75) is 0 Å². The van der Waals surface area contributed by atoms with Crippen LogP contribution in [-0.4, -0.2) is 23.6 Å². The normalized spacial score (nSPS) is 10.1. The van der Waals surface area contributed by atoms with Gasteiger partial charge in [0, 0.05) is 5.69 Å². The van der Waals surface area contributed by atoms with E-state index >= 15 is 0 Å². The third-order valence-corrected chi connectivity index (χ3v) is 4.34. The largest absolute Gasteiger partial charge is 0.508 e. The first-order valence-electron chi connectivity index (χ1n) is 8.52. The Morgan fingerprint density at radius 1 is 1.00 bits per heavy atom. The van der Waals surface area contributed by atoms with Gasteiger partial charge in [0.1, 0.15) is 11.8 Å². The summed E-state index contributed by atoms with van der Waals surface area (Å²) in [7, 11) is 0. The molecular weight excluding hydrogens is 392 g/mol. The standard InChI is InChI=1S/C22H15ClN2O4/c23-20-11-18(8-5-17(20)12-24)25-21(27)13-29-22(28)16-3-1-14(2-4-16)15-6-9-19(26)10-7-15/h1-11,26H,13H2,(H,25,27). The Kier molecular flexibility index (Phi) is 6.12. The van der Waals surface area contributed by atoms with Gasteiger partial charge < -0.3 is 15.2 Å². The van der Waals surface area contributed by atoms with Gasteiger partial charge in [-0.2, -0.15) is 5.26 Å². The summed E-state index contributed by atoms with van der Waals surface area (Å²) < 4.78 is 5.03. The number of benzene rings is 3. The molecule has 2 N–H and O–H groups in total. The molecule has 0 fully saturated rings. The van der Waals surface area contributed by atoms with Crippen LogP contribution < -0.4 is 5.32 Å². The van der Waals surface area contributed by atoms with E-state index in [1.807, 2.05) is 6.07 Å². The number of nitrogens with zero attached hydrogens (tertiary/aromatic N) is 1. The van der Waals surface area contributed by atoms with Crippen LogP contribution in [0.25, 0.3) is 11.1 Å². The molecule has 0 atom stereocenters. The molecule has 0 bridgehead atoms. The molecule has 0 spiro atoms. The SMILES string of the molecule is N#Cc1ccc(NC(=O)COC(=O)c2ccc(-c3ccc(O)cc3)cc2)cc1Cl. The average molecular weight is 407 g/mol. The summed E-state index contributed by atoms with van der Waals surface area (Å²) in [5.74, 6) is -0.981. The van der Waals surface area contributed by atoms with E-state index in [9.17, 15) is 14.7 Å². The van der Waals surface area contributed by atoms with Gasteiger partial charge in [-0.3, -0.25) is 4.79 Å². The van der Waals surface area contributed by atoms with E-state index in [1.54, 1.807) is 48.5 Å². The van der Waals surface area contributed by atoms with Crippen molar-refractivity contribution in [3.8, 4) is 22.9 Å². The number of anilines is 1. The lowest BCUT2D eigenvalue weighted by atomic mass is 10.0. The maximum atomic E-state index is 12.1. The molecule has 3 aromatic carbocycles. The first-order chi connectivity index (χ1) is 14.0. The van der Waals surface area contributed by atoms with Crippen molar-refractivity contribution in [2.24, 2.45) is 0 Å². The predicted octanol–water partition coefficient (Wildman–Crippen LogP) is 4.38. The summed E-state index contributed by atoms with van der Waals surface area (Å²) in [4.78, 5) is 24.1. The van der Waals surface area contributed by atoms with Crippen LogP contribution in [0.2, 0.25) is 5.02 Å². The number of nitriles is 1. The lowest BCUT2D eigenvalue weighted by Gasteiger charge is -2.08. The number of hydrogen-bond acceptors (Lipinski definition) is 5. The summed E-state index contributed by atoms with van der Waals surface area (Å²) in [6.45, 7) is -0.462. The molecule has 0 aromatic heterocycles. The number of hydrogen-bond donors (Lipinski definition) is 2. The highest BCUT2D eigenvalue weighted by atomic mass is 35.5. The highest BCUT2D eigenvalue weighted by molar-refractivity contribution is 6.32. The zero-order chi connectivity index (χ0) is 20.8. The fraction of sp³-hybridized carbons (Fsp3) is 0.0455. The molecule has 0 aliphatic carbocycles. The minimum Gasteiger partial charge on any atom is -0.508 e. The number of carbonyl (C=O) groups excluding carboxylic acids is 2. The number of phenolic OH excluding ortho intramolecular Hbond substituents is 1. The first-order valence-corrected chi connectivity index (χ1v) is 8.90. The molecule has 1 amide bonds. The molecule has 7 heteroatoms. The summed E-state index contributed by atoms with van der Waals surface area (Å²) in [5, 5.41) is 21.0. The van der Waals surface area contributed by atoms with Gasteiger partial charge in [-0.05, 0) is 53.6 Å². The average Bonchev–Trinajstić information content (AvgIpc) is 2.73. The first kappa shape index (κ1) is 19.9. The van der Waals surface area contributed by atoms with Gasteiger partial charge in [0.25, 0.3) is 5.91 Å². The molecule has 3 aromatic rings. The Labute approximate surface area is 171 Å². The summed E-state index contributed by atoms with van der Waals surface area (Å²) in [6.07, 6.45) is 0. The van der Waals surface area contributed by atoms with Gasteiger partial charge in [0.15, 0.2) is 6.61 Å². The van der Waals surface area contributed by atoms with Gasteiger partial charge in [0.05, 0.1) is 16.1 Å². The maximum Gasteiger partial charge on any atom is 0.338 e. The Bertz CT molecular complexity index is 1090. The van der Waals surface area contributed by atoms with Crippen molar-refractivity contribution in [3.63, 3.8) is 0 Å². The molecule has 0 radical (unpaired) electrons. The van der Waals surface area contributed by atoms with Crippen LogP contribution in [-0.2, 0) is 9.53 Å². The number of amides is 1. The minimum absolute atomic E-state index is 0.176. The van der Waals surface area contributed by atoms with Gasteiger partial charge in [0.2, 0.25) is 0 Å². The molecule has 144 valence electrons. The van der Waals surface area contributed by atoms with Gasteiger partial charge in [-0.15, -0.1) is 0 Å². The van der Waals surface area contributed by atoms with Crippen molar-refractivity contribution in [1.29, 1.82) is 5.26 Å². The Hall–Kier alpha value is -3.82. The fourth-order valence-corrected chi connectivity index (χ4v) is 2.77. The van der Waals surface area contributed by atoms with E-state index in [0.717, 1.165) is 11.1 Å². The van der Waals surface area contributed by atoms with E-state index in [0.29, 0.717) is 16.8 Å². The number of halogens is 1.